The monoisotopic (exact) mass is 430 g/mol. The molecule has 0 radical (unpaired) electrons. The van der Waals surface area contributed by atoms with E-state index in [1.54, 1.807) is 24.3 Å². The van der Waals surface area contributed by atoms with E-state index in [9.17, 15) is 9.59 Å². The minimum atomic E-state index is -0.643. The summed E-state index contributed by atoms with van der Waals surface area (Å²) < 4.78 is 11.3. The summed E-state index contributed by atoms with van der Waals surface area (Å²) in [6, 6.07) is 25.8. The molecule has 3 aromatic carbocycles. The second kappa shape index (κ2) is 10.5. The maximum atomic E-state index is 12.6. The van der Waals surface area contributed by atoms with Gasteiger partial charge in [0, 0.05) is 12.5 Å². The fourth-order valence-corrected chi connectivity index (χ4v) is 3.20. The molecule has 0 saturated heterocycles. The predicted octanol–water partition coefficient (Wildman–Crippen LogP) is 3.86. The Balaban J connectivity index is 1.29. The van der Waals surface area contributed by atoms with Crippen LogP contribution in [0.2, 0.25) is 0 Å². The lowest BCUT2D eigenvalue weighted by atomic mass is 10.1. The van der Waals surface area contributed by atoms with E-state index in [-0.39, 0.29) is 24.5 Å². The maximum absolute atomic E-state index is 12.6. The lowest BCUT2D eigenvalue weighted by Gasteiger charge is -2.19. The van der Waals surface area contributed by atoms with Gasteiger partial charge in [-0.3, -0.25) is 9.59 Å². The Bertz CT molecular complexity index is 1020. The Morgan fingerprint density at radius 2 is 1.41 bits per heavy atom. The summed E-state index contributed by atoms with van der Waals surface area (Å²) in [5.41, 5.74) is 0.985. The first-order valence-corrected chi connectivity index (χ1v) is 10.7. The average molecular weight is 431 g/mol. The smallest absolute Gasteiger partial charge is 0.258 e. The molecule has 1 atom stereocenters. The van der Waals surface area contributed by atoms with Crippen molar-refractivity contribution in [1.29, 1.82) is 0 Å². The summed E-state index contributed by atoms with van der Waals surface area (Å²) in [7, 11) is 0. The van der Waals surface area contributed by atoms with Crippen LogP contribution in [0, 0.1) is 0 Å². The van der Waals surface area contributed by atoms with E-state index in [4.69, 9.17) is 9.47 Å². The third kappa shape index (κ3) is 6.60. The van der Waals surface area contributed by atoms with Crippen LogP contribution in [-0.2, 0) is 16.0 Å². The first-order chi connectivity index (χ1) is 15.7. The summed E-state index contributed by atoms with van der Waals surface area (Å²) in [6.45, 7) is -0.180. The number of rotatable bonds is 10. The number of hydrogen-bond donors (Lipinski definition) is 2. The first kappa shape index (κ1) is 21.4. The second-order valence-electron chi connectivity index (χ2n) is 7.77. The second-order valence-corrected chi connectivity index (χ2v) is 7.77. The Morgan fingerprint density at radius 3 is 2.06 bits per heavy atom. The van der Waals surface area contributed by atoms with Crippen LogP contribution in [0.5, 0.6) is 17.2 Å². The average Bonchev–Trinajstić information content (AvgIpc) is 3.63. The van der Waals surface area contributed by atoms with Gasteiger partial charge in [0.05, 0.1) is 0 Å². The van der Waals surface area contributed by atoms with Crippen molar-refractivity contribution in [2.24, 2.45) is 0 Å². The first-order valence-electron chi connectivity index (χ1n) is 10.7. The van der Waals surface area contributed by atoms with Gasteiger partial charge in [0.25, 0.3) is 5.91 Å². The van der Waals surface area contributed by atoms with Crippen molar-refractivity contribution in [2.45, 2.75) is 31.3 Å². The molecule has 1 unspecified atom stereocenters. The number of amides is 2. The van der Waals surface area contributed by atoms with E-state index in [1.807, 2.05) is 60.7 Å². The SMILES string of the molecule is O=C(COc1ccc(Oc2ccccc2)cc1)NC(Cc1ccccc1)C(=O)NC1CC1. The fraction of sp³-hybridized carbons (Fsp3) is 0.231. The molecule has 0 aromatic heterocycles. The van der Waals surface area contributed by atoms with Crippen LogP contribution in [0.3, 0.4) is 0 Å². The van der Waals surface area contributed by atoms with Gasteiger partial charge in [-0.2, -0.15) is 0 Å². The summed E-state index contributed by atoms with van der Waals surface area (Å²) in [5, 5.41) is 5.78. The van der Waals surface area contributed by atoms with Crippen LogP contribution < -0.4 is 20.1 Å². The van der Waals surface area contributed by atoms with E-state index >= 15 is 0 Å². The van der Waals surface area contributed by atoms with Crippen LogP contribution in [0.4, 0.5) is 0 Å². The Labute approximate surface area is 187 Å². The quantitative estimate of drug-likeness (QED) is 0.512. The Morgan fingerprint density at radius 1 is 0.812 bits per heavy atom. The molecule has 1 saturated carbocycles. The number of nitrogens with one attached hydrogen (secondary N) is 2. The van der Waals surface area contributed by atoms with Crippen molar-refractivity contribution in [1.82, 2.24) is 10.6 Å². The Kier molecular flexibility index (Phi) is 7.02. The molecule has 3 aromatic rings. The normalized spacial score (nSPS) is 13.6. The van der Waals surface area contributed by atoms with E-state index in [0.29, 0.717) is 17.9 Å². The number of benzene rings is 3. The van der Waals surface area contributed by atoms with Gasteiger partial charge in [-0.25, -0.2) is 0 Å². The maximum Gasteiger partial charge on any atom is 0.258 e. The zero-order valence-electron chi connectivity index (χ0n) is 17.7. The number of para-hydroxylation sites is 1. The van der Waals surface area contributed by atoms with E-state index < -0.39 is 6.04 Å². The number of carbonyl (C=O) groups is 2. The number of carbonyl (C=O) groups excluding carboxylic acids is 2. The zero-order valence-corrected chi connectivity index (χ0v) is 17.7. The highest BCUT2D eigenvalue weighted by molar-refractivity contribution is 5.88. The predicted molar refractivity (Wildman–Crippen MR) is 122 cm³/mol. The molecule has 2 amide bonds. The van der Waals surface area contributed by atoms with Gasteiger partial charge in [0.2, 0.25) is 5.91 Å². The molecular weight excluding hydrogens is 404 g/mol. The van der Waals surface area contributed by atoms with Gasteiger partial charge < -0.3 is 20.1 Å². The third-order valence-electron chi connectivity index (χ3n) is 5.03. The molecule has 6 nitrogen and oxygen atoms in total. The van der Waals surface area contributed by atoms with Gasteiger partial charge in [-0.1, -0.05) is 48.5 Å². The zero-order chi connectivity index (χ0) is 22.2. The molecule has 1 fully saturated rings. The van der Waals surface area contributed by atoms with Crippen LogP contribution >= 0.6 is 0 Å². The standard InChI is InChI=1S/C26H26N2O4/c29-25(18-31-21-13-15-23(16-14-21)32-22-9-5-2-6-10-22)28-24(26(30)27-20-11-12-20)17-19-7-3-1-4-8-19/h1-10,13-16,20,24H,11-12,17-18H2,(H,27,30)(H,28,29). The van der Waals surface area contributed by atoms with Crippen molar-refractivity contribution >= 4 is 11.8 Å². The lowest BCUT2D eigenvalue weighted by molar-refractivity contribution is -0.130. The van der Waals surface area contributed by atoms with Crippen LogP contribution in [-0.4, -0.2) is 30.5 Å². The number of ether oxygens (including phenoxy) is 2. The van der Waals surface area contributed by atoms with Crippen molar-refractivity contribution in [3.8, 4) is 17.2 Å². The molecule has 1 aliphatic rings. The van der Waals surface area contributed by atoms with Crippen molar-refractivity contribution < 1.29 is 19.1 Å². The van der Waals surface area contributed by atoms with Gasteiger partial charge in [-0.05, 0) is 54.8 Å². The highest BCUT2D eigenvalue weighted by Gasteiger charge is 2.28. The van der Waals surface area contributed by atoms with Gasteiger partial charge in [-0.15, -0.1) is 0 Å². The molecular formula is C26H26N2O4. The van der Waals surface area contributed by atoms with Gasteiger partial charge in [0.15, 0.2) is 6.61 Å². The fourth-order valence-electron chi connectivity index (χ4n) is 3.20. The van der Waals surface area contributed by atoms with Crippen LogP contribution in [0.15, 0.2) is 84.9 Å². The van der Waals surface area contributed by atoms with Gasteiger partial charge >= 0.3 is 0 Å². The Hall–Kier alpha value is -3.80. The molecule has 0 heterocycles. The molecule has 4 rings (SSSR count). The highest BCUT2D eigenvalue weighted by atomic mass is 16.5. The third-order valence-corrected chi connectivity index (χ3v) is 5.03. The molecule has 0 aliphatic heterocycles. The van der Waals surface area contributed by atoms with Crippen LogP contribution in [0.1, 0.15) is 18.4 Å². The summed E-state index contributed by atoms with van der Waals surface area (Å²) in [4.78, 5) is 25.1. The molecule has 0 spiro atoms. The van der Waals surface area contributed by atoms with Gasteiger partial charge in [0.1, 0.15) is 23.3 Å². The van der Waals surface area contributed by atoms with Crippen molar-refractivity contribution in [3.63, 3.8) is 0 Å². The topological polar surface area (TPSA) is 76.7 Å². The lowest BCUT2D eigenvalue weighted by Crippen LogP contribution is -2.49. The number of hydrogen-bond acceptors (Lipinski definition) is 4. The molecule has 0 bridgehead atoms. The van der Waals surface area contributed by atoms with Crippen molar-refractivity contribution in [2.75, 3.05) is 6.61 Å². The van der Waals surface area contributed by atoms with E-state index in [1.165, 1.54) is 0 Å². The molecule has 6 heteroatoms. The summed E-state index contributed by atoms with van der Waals surface area (Å²) >= 11 is 0. The molecule has 2 N–H and O–H groups in total. The highest BCUT2D eigenvalue weighted by Crippen LogP contribution is 2.23. The minimum absolute atomic E-state index is 0.160. The minimum Gasteiger partial charge on any atom is -0.484 e. The largest absolute Gasteiger partial charge is 0.484 e. The summed E-state index contributed by atoms with van der Waals surface area (Å²) in [6.07, 6.45) is 2.41. The van der Waals surface area contributed by atoms with Crippen molar-refractivity contribution in [3.05, 3.63) is 90.5 Å². The van der Waals surface area contributed by atoms with Crippen LogP contribution in [0.25, 0.3) is 0 Å². The van der Waals surface area contributed by atoms with E-state index in [0.717, 1.165) is 24.2 Å². The van der Waals surface area contributed by atoms with E-state index in [2.05, 4.69) is 10.6 Å². The molecule has 1 aliphatic carbocycles. The molecule has 32 heavy (non-hydrogen) atoms. The summed E-state index contributed by atoms with van der Waals surface area (Å²) in [5.74, 6) is 1.46. The molecule has 164 valence electrons.